The second kappa shape index (κ2) is 14.7. The van der Waals surface area contributed by atoms with E-state index in [1.54, 1.807) is 6.20 Å². The van der Waals surface area contributed by atoms with Crippen molar-refractivity contribution in [2.45, 2.75) is 31.2 Å². The molecule has 0 fully saturated rings. The minimum Gasteiger partial charge on any atom is -0.383 e. The van der Waals surface area contributed by atoms with Gasteiger partial charge in [-0.1, -0.05) is 171 Å². The number of hydrogen-bond donors (Lipinski definition) is 1. The fraction of sp³-hybridized carbons (Fsp3) is 0.0926. The van der Waals surface area contributed by atoms with Crippen LogP contribution in [0.1, 0.15) is 69.3 Å². The molecule has 4 nitrogen and oxygen atoms in total. The topological polar surface area (TPSA) is 63.6 Å². The Kier molecular flexibility index (Phi) is 8.95. The van der Waals surface area contributed by atoms with E-state index in [0.717, 1.165) is 50.9 Å². The molecule has 2 N–H and O–H groups in total. The number of aromatic nitrogens is 1. The minimum absolute atomic E-state index is 0.325. The summed E-state index contributed by atoms with van der Waals surface area (Å²) in [6.45, 7) is 2.75. The molecule has 0 bridgehead atoms. The highest BCUT2D eigenvalue weighted by Crippen LogP contribution is 2.61. The van der Waals surface area contributed by atoms with Gasteiger partial charge < -0.3 is 5.73 Å². The van der Waals surface area contributed by atoms with Crippen LogP contribution in [0.3, 0.4) is 0 Å². The Hall–Kier alpha value is -7.17. The fourth-order valence-electron chi connectivity index (χ4n) is 9.54. The molecule has 2 aliphatic rings. The molecule has 58 heavy (non-hydrogen) atoms. The van der Waals surface area contributed by atoms with Gasteiger partial charge in [-0.25, -0.2) is 4.99 Å². The minimum atomic E-state index is -0.486. The van der Waals surface area contributed by atoms with Gasteiger partial charge in [0.2, 0.25) is 0 Å². The van der Waals surface area contributed by atoms with E-state index in [0.29, 0.717) is 24.1 Å². The molecule has 10 rings (SSSR count). The van der Waals surface area contributed by atoms with Gasteiger partial charge in [0.15, 0.2) is 5.84 Å². The Labute approximate surface area is 340 Å². The normalized spacial score (nSPS) is 16.7. The average Bonchev–Trinajstić information content (AvgIpc) is 3.59. The number of fused-ring (bicyclic) bond motifs is 9. The third-order valence-corrected chi connectivity index (χ3v) is 12.0. The van der Waals surface area contributed by atoms with E-state index in [-0.39, 0.29) is 0 Å². The van der Waals surface area contributed by atoms with Crippen LogP contribution < -0.4 is 5.73 Å². The van der Waals surface area contributed by atoms with Crippen LogP contribution in [0.4, 0.5) is 0 Å². The van der Waals surface area contributed by atoms with Crippen LogP contribution in [0.2, 0.25) is 0 Å². The van der Waals surface area contributed by atoms with Crippen molar-refractivity contribution in [2.24, 2.45) is 15.7 Å². The van der Waals surface area contributed by atoms with Gasteiger partial charge >= 0.3 is 0 Å². The summed E-state index contributed by atoms with van der Waals surface area (Å²) in [6, 6.07) is 65.0. The van der Waals surface area contributed by atoms with Gasteiger partial charge in [-0.2, -0.15) is 0 Å². The SMILES string of the molecule is CCC1c2ccccc2C2(c3ccccc3-c3c(C(N)=NC(=NCc4cccc(-c5cccc(-c6cccnc6)c5)c4)c4ccccc4)cccc32)c2ccccc21. The van der Waals surface area contributed by atoms with Crippen molar-refractivity contribution >= 4 is 11.7 Å². The lowest BCUT2D eigenvalue weighted by Crippen LogP contribution is -2.35. The van der Waals surface area contributed by atoms with E-state index in [1.807, 2.05) is 30.5 Å². The van der Waals surface area contributed by atoms with Crippen LogP contribution >= 0.6 is 0 Å². The van der Waals surface area contributed by atoms with Gasteiger partial charge in [-0.05, 0) is 91.4 Å². The third-order valence-electron chi connectivity index (χ3n) is 12.0. The van der Waals surface area contributed by atoms with Gasteiger partial charge in [-0.15, -0.1) is 0 Å². The molecule has 7 aromatic carbocycles. The predicted octanol–water partition coefficient (Wildman–Crippen LogP) is 12.0. The summed E-state index contributed by atoms with van der Waals surface area (Å²) in [4.78, 5) is 14.7. The van der Waals surface area contributed by atoms with E-state index >= 15 is 0 Å². The molecular formula is C54H42N4. The van der Waals surface area contributed by atoms with Crippen molar-refractivity contribution in [3.05, 3.63) is 244 Å². The lowest BCUT2D eigenvalue weighted by atomic mass is 9.59. The van der Waals surface area contributed by atoms with E-state index in [2.05, 4.69) is 170 Å². The number of hydrogen-bond acceptors (Lipinski definition) is 2. The molecule has 2 aliphatic carbocycles. The smallest absolute Gasteiger partial charge is 0.157 e. The molecule has 1 spiro atoms. The Morgan fingerprint density at radius 1 is 0.586 bits per heavy atom. The molecule has 0 unspecified atom stereocenters. The zero-order valence-corrected chi connectivity index (χ0v) is 32.4. The van der Waals surface area contributed by atoms with E-state index in [9.17, 15) is 0 Å². The van der Waals surface area contributed by atoms with Gasteiger partial charge in [-0.3, -0.25) is 9.98 Å². The first-order valence-electron chi connectivity index (χ1n) is 20.1. The number of amidine groups is 2. The molecule has 8 aromatic rings. The Morgan fingerprint density at radius 2 is 1.19 bits per heavy atom. The number of pyridine rings is 1. The van der Waals surface area contributed by atoms with Crippen molar-refractivity contribution in [1.82, 2.24) is 4.98 Å². The predicted molar refractivity (Wildman–Crippen MR) is 238 cm³/mol. The molecule has 1 heterocycles. The van der Waals surface area contributed by atoms with Crippen LogP contribution in [-0.2, 0) is 12.0 Å². The van der Waals surface area contributed by atoms with E-state index in [1.165, 1.54) is 38.9 Å². The van der Waals surface area contributed by atoms with E-state index < -0.39 is 5.41 Å². The van der Waals surface area contributed by atoms with Crippen LogP contribution in [-0.4, -0.2) is 16.7 Å². The number of benzene rings is 7. The zero-order valence-electron chi connectivity index (χ0n) is 32.4. The van der Waals surface area contributed by atoms with Crippen molar-refractivity contribution in [3.8, 4) is 33.4 Å². The summed E-state index contributed by atoms with van der Waals surface area (Å²) in [5.41, 5.74) is 24.4. The Balaban J connectivity index is 1.08. The maximum absolute atomic E-state index is 7.21. The number of rotatable bonds is 7. The van der Waals surface area contributed by atoms with Crippen molar-refractivity contribution in [1.29, 1.82) is 0 Å². The van der Waals surface area contributed by atoms with Crippen molar-refractivity contribution in [3.63, 3.8) is 0 Å². The number of aliphatic imine (C=N–C) groups is 2. The van der Waals surface area contributed by atoms with Gasteiger partial charge in [0.25, 0.3) is 0 Å². The second-order valence-electron chi connectivity index (χ2n) is 15.2. The molecule has 4 heteroatoms. The van der Waals surface area contributed by atoms with Crippen LogP contribution in [0, 0.1) is 0 Å². The summed E-state index contributed by atoms with van der Waals surface area (Å²) in [6.07, 6.45) is 4.73. The zero-order chi connectivity index (χ0) is 39.1. The molecule has 0 saturated carbocycles. The van der Waals surface area contributed by atoms with Crippen LogP contribution in [0.25, 0.3) is 33.4 Å². The molecular weight excluding hydrogens is 705 g/mol. The first-order valence-corrected chi connectivity index (χ1v) is 20.1. The first-order chi connectivity index (χ1) is 28.6. The van der Waals surface area contributed by atoms with Gasteiger partial charge in [0, 0.05) is 35.0 Å². The molecule has 0 amide bonds. The first kappa shape index (κ1) is 35.3. The monoisotopic (exact) mass is 746 g/mol. The Morgan fingerprint density at radius 3 is 1.91 bits per heavy atom. The van der Waals surface area contributed by atoms with Crippen LogP contribution in [0.15, 0.2) is 204 Å². The summed E-state index contributed by atoms with van der Waals surface area (Å²) in [7, 11) is 0. The van der Waals surface area contributed by atoms with Crippen molar-refractivity contribution in [2.75, 3.05) is 0 Å². The number of nitrogens with two attached hydrogens (primary N) is 1. The summed E-state index contributed by atoms with van der Waals surface area (Å²) < 4.78 is 0. The third kappa shape index (κ3) is 5.80. The average molecular weight is 747 g/mol. The summed E-state index contributed by atoms with van der Waals surface area (Å²) in [5.74, 6) is 1.36. The maximum atomic E-state index is 7.21. The largest absolute Gasteiger partial charge is 0.383 e. The Bertz CT molecular complexity index is 2830. The quantitative estimate of drug-likeness (QED) is 0.130. The lowest BCUT2D eigenvalue weighted by molar-refractivity contribution is 0.649. The fourth-order valence-corrected chi connectivity index (χ4v) is 9.54. The van der Waals surface area contributed by atoms with Gasteiger partial charge in [0.1, 0.15) is 5.84 Å². The second-order valence-corrected chi connectivity index (χ2v) is 15.2. The molecule has 0 atom stereocenters. The molecule has 0 aliphatic heterocycles. The summed E-state index contributed by atoms with van der Waals surface area (Å²) in [5, 5.41) is 0. The summed E-state index contributed by atoms with van der Waals surface area (Å²) >= 11 is 0. The number of nitrogens with zero attached hydrogens (tertiary/aromatic N) is 3. The van der Waals surface area contributed by atoms with Crippen molar-refractivity contribution < 1.29 is 0 Å². The van der Waals surface area contributed by atoms with Gasteiger partial charge in [0.05, 0.1) is 12.0 Å². The van der Waals surface area contributed by atoms with E-state index in [4.69, 9.17) is 15.7 Å². The highest BCUT2D eigenvalue weighted by Gasteiger charge is 2.51. The highest BCUT2D eigenvalue weighted by molar-refractivity contribution is 6.14. The lowest BCUT2D eigenvalue weighted by Gasteiger charge is -2.43. The molecule has 0 radical (unpaired) electrons. The molecule has 1 aromatic heterocycles. The van der Waals surface area contributed by atoms with Crippen LogP contribution in [0.5, 0.6) is 0 Å². The standard InChI is InChI=1S/C54H42N4/c1-2-42-43-23-6-9-27-47(43)54(48-28-10-7-24-44(42)48)49-29-11-8-25-45(49)51-46(26-14-30-50(51)54)52(55)58-53(37-17-4-3-5-18-37)57-34-36-16-12-19-38(32-36)39-20-13-21-40(33-39)41-22-15-31-56-35-41/h3-33,35,42H,2,34H2,1H3,(H2,55,57,58). The molecule has 0 saturated heterocycles. The highest BCUT2D eigenvalue weighted by atomic mass is 15.0. The molecule has 278 valence electrons. The maximum Gasteiger partial charge on any atom is 0.157 e.